The number of hydrogen-bond acceptors (Lipinski definition) is 2. The fourth-order valence-electron chi connectivity index (χ4n) is 4.45. The van der Waals surface area contributed by atoms with E-state index in [-0.39, 0.29) is 17.9 Å². The van der Waals surface area contributed by atoms with Gasteiger partial charge in [0.15, 0.2) is 0 Å². The lowest BCUT2D eigenvalue weighted by Crippen LogP contribution is -2.45. The van der Waals surface area contributed by atoms with Gasteiger partial charge in [-0.15, -0.1) is 0 Å². The summed E-state index contributed by atoms with van der Waals surface area (Å²) in [5, 5.41) is 0. The summed E-state index contributed by atoms with van der Waals surface area (Å²) in [4.78, 5) is 15.2. The average Bonchev–Trinajstić information content (AvgIpc) is 3.11. The maximum absolute atomic E-state index is 13.1. The van der Waals surface area contributed by atoms with E-state index in [1.165, 1.54) is 38.5 Å². The number of likely N-dealkylation sites (tertiary alicyclic amines) is 1. The van der Waals surface area contributed by atoms with Crippen LogP contribution < -0.4 is 5.73 Å². The number of nitrogens with zero attached hydrogens (tertiary/aromatic N) is 1. The maximum atomic E-state index is 13.1. The molecule has 2 aliphatic rings. The topological polar surface area (TPSA) is 46.3 Å². The summed E-state index contributed by atoms with van der Waals surface area (Å²) in [6.45, 7) is 2.92. The van der Waals surface area contributed by atoms with Crippen LogP contribution in [0.5, 0.6) is 0 Å². The Kier molecular flexibility index (Phi) is 5.37. The SMILES string of the molecule is CC(C(=O)N1CCCC1C1CCCCC1)C(N)c1ccccc1. The smallest absolute Gasteiger partial charge is 0.227 e. The second kappa shape index (κ2) is 7.48. The van der Waals surface area contributed by atoms with Crippen LogP contribution in [0.25, 0.3) is 0 Å². The van der Waals surface area contributed by atoms with E-state index in [9.17, 15) is 4.79 Å². The first kappa shape index (κ1) is 16.5. The third-order valence-corrected chi connectivity index (χ3v) is 5.89. The van der Waals surface area contributed by atoms with Crippen LogP contribution in [0.2, 0.25) is 0 Å². The Labute approximate surface area is 140 Å². The fraction of sp³-hybridized carbons (Fsp3) is 0.650. The van der Waals surface area contributed by atoms with Crippen molar-refractivity contribution in [3.05, 3.63) is 35.9 Å². The number of benzene rings is 1. The number of carbonyl (C=O) groups excluding carboxylic acids is 1. The Morgan fingerprint density at radius 3 is 2.48 bits per heavy atom. The summed E-state index contributed by atoms with van der Waals surface area (Å²) in [6.07, 6.45) is 8.97. The minimum atomic E-state index is -0.212. The molecule has 1 amide bonds. The van der Waals surface area contributed by atoms with E-state index in [4.69, 9.17) is 5.73 Å². The Hall–Kier alpha value is -1.35. The van der Waals surface area contributed by atoms with Crippen molar-refractivity contribution in [2.45, 2.75) is 64.0 Å². The molecule has 1 aromatic rings. The summed E-state index contributed by atoms with van der Waals surface area (Å²) in [5.74, 6) is 0.825. The van der Waals surface area contributed by atoms with Gasteiger partial charge in [-0.3, -0.25) is 4.79 Å². The highest BCUT2D eigenvalue weighted by Gasteiger charge is 2.37. The van der Waals surface area contributed by atoms with Gasteiger partial charge in [0.25, 0.3) is 0 Å². The summed E-state index contributed by atoms with van der Waals surface area (Å²) in [6, 6.07) is 10.3. The first-order valence-electron chi connectivity index (χ1n) is 9.29. The minimum Gasteiger partial charge on any atom is -0.339 e. The molecule has 3 atom stereocenters. The van der Waals surface area contributed by atoms with Crippen LogP contribution in [0, 0.1) is 11.8 Å². The van der Waals surface area contributed by atoms with Crippen molar-refractivity contribution >= 4 is 5.91 Å². The van der Waals surface area contributed by atoms with E-state index in [0.717, 1.165) is 24.4 Å². The van der Waals surface area contributed by atoms with Gasteiger partial charge in [0.05, 0.1) is 5.92 Å². The van der Waals surface area contributed by atoms with E-state index < -0.39 is 0 Å². The first-order valence-corrected chi connectivity index (χ1v) is 9.29. The van der Waals surface area contributed by atoms with Crippen LogP contribution in [0.1, 0.15) is 63.5 Å². The predicted octanol–water partition coefficient (Wildman–Crippen LogP) is 3.89. The highest BCUT2D eigenvalue weighted by Crippen LogP contribution is 2.35. The largest absolute Gasteiger partial charge is 0.339 e. The molecule has 3 rings (SSSR count). The molecule has 0 spiro atoms. The Morgan fingerprint density at radius 1 is 1.09 bits per heavy atom. The van der Waals surface area contributed by atoms with Crippen molar-refractivity contribution < 1.29 is 4.79 Å². The Balaban J connectivity index is 1.68. The van der Waals surface area contributed by atoms with Crippen molar-refractivity contribution in [3.8, 4) is 0 Å². The molecule has 2 N–H and O–H groups in total. The molecule has 3 unspecified atom stereocenters. The molecule has 23 heavy (non-hydrogen) atoms. The molecule has 0 radical (unpaired) electrons. The number of rotatable bonds is 4. The summed E-state index contributed by atoms with van der Waals surface area (Å²) in [7, 11) is 0. The zero-order chi connectivity index (χ0) is 16.2. The van der Waals surface area contributed by atoms with Gasteiger partial charge < -0.3 is 10.6 Å². The molecule has 126 valence electrons. The Bertz CT molecular complexity index is 510. The van der Waals surface area contributed by atoms with E-state index in [0.29, 0.717) is 6.04 Å². The van der Waals surface area contributed by atoms with E-state index in [2.05, 4.69) is 4.90 Å². The fourth-order valence-corrected chi connectivity index (χ4v) is 4.45. The van der Waals surface area contributed by atoms with Gasteiger partial charge >= 0.3 is 0 Å². The molecule has 0 aromatic heterocycles. The van der Waals surface area contributed by atoms with E-state index in [1.807, 2.05) is 37.3 Å². The van der Waals surface area contributed by atoms with Gasteiger partial charge in [-0.1, -0.05) is 56.5 Å². The molecule has 1 heterocycles. The van der Waals surface area contributed by atoms with Crippen LogP contribution >= 0.6 is 0 Å². The molecule has 0 bridgehead atoms. The number of carbonyl (C=O) groups is 1. The van der Waals surface area contributed by atoms with Crippen molar-refractivity contribution in [3.63, 3.8) is 0 Å². The maximum Gasteiger partial charge on any atom is 0.227 e. The van der Waals surface area contributed by atoms with Gasteiger partial charge in [-0.25, -0.2) is 0 Å². The lowest BCUT2D eigenvalue weighted by Gasteiger charge is -2.36. The van der Waals surface area contributed by atoms with Crippen LogP contribution in [0.4, 0.5) is 0 Å². The summed E-state index contributed by atoms with van der Waals surface area (Å²) >= 11 is 0. The van der Waals surface area contributed by atoms with E-state index >= 15 is 0 Å². The highest BCUT2D eigenvalue weighted by atomic mass is 16.2. The number of nitrogens with two attached hydrogens (primary N) is 1. The van der Waals surface area contributed by atoms with E-state index in [1.54, 1.807) is 0 Å². The van der Waals surface area contributed by atoms with Crippen LogP contribution in [-0.2, 0) is 4.79 Å². The summed E-state index contributed by atoms with van der Waals surface area (Å²) in [5.41, 5.74) is 7.44. The number of amides is 1. The van der Waals surface area contributed by atoms with Crippen molar-refractivity contribution in [2.24, 2.45) is 17.6 Å². The number of hydrogen-bond donors (Lipinski definition) is 1. The molecule has 1 saturated heterocycles. The van der Waals surface area contributed by atoms with Crippen LogP contribution in [0.3, 0.4) is 0 Å². The summed E-state index contributed by atoms with van der Waals surface area (Å²) < 4.78 is 0. The van der Waals surface area contributed by atoms with Crippen molar-refractivity contribution in [1.29, 1.82) is 0 Å². The molecule has 1 aromatic carbocycles. The van der Waals surface area contributed by atoms with Crippen LogP contribution in [0.15, 0.2) is 30.3 Å². The van der Waals surface area contributed by atoms with Crippen molar-refractivity contribution in [1.82, 2.24) is 4.90 Å². The van der Waals surface area contributed by atoms with Crippen LogP contribution in [-0.4, -0.2) is 23.4 Å². The molecule has 3 nitrogen and oxygen atoms in total. The monoisotopic (exact) mass is 314 g/mol. The highest BCUT2D eigenvalue weighted by molar-refractivity contribution is 5.80. The predicted molar refractivity (Wildman–Crippen MR) is 93.8 cm³/mol. The lowest BCUT2D eigenvalue weighted by atomic mass is 9.82. The van der Waals surface area contributed by atoms with Gasteiger partial charge in [0, 0.05) is 18.6 Å². The quantitative estimate of drug-likeness (QED) is 0.916. The lowest BCUT2D eigenvalue weighted by molar-refractivity contribution is -0.137. The van der Waals surface area contributed by atoms with Gasteiger partial charge in [0.1, 0.15) is 0 Å². The molecule has 2 fully saturated rings. The third-order valence-electron chi connectivity index (χ3n) is 5.89. The zero-order valence-corrected chi connectivity index (χ0v) is 14.3. The van der Waals surface area contributed by atoms with Gasteiger partial charge in [-0.2, -0.15) is 0 Å². The molecular weight excluding hydrogens is 284 g/mol. The second-order valence-corrected chi connectivity index (χ2v) is 7.36. The normalized spacial score (nSPS) is 25.3. The zero-order valence-electron chi connectivity index (χ0n) is 14.3. The minimum absolute atomic E-state index is 0.151. The molecule has 3 heteroatoms. The second-order valence-electron chi connectivity index (χ2n) is 7.36. The molecule has 1 aliphatic heterocycles. The molecule has 1 aliphatic carbocycles. The van der Waals surface area contributed by atoms with Crippen molar-refractivity contribution in [2.75, 3.05) is 6.54 Å². The average molecular weight is 314 g/mol. The van der Waals surface area contributed by atoms with Gasteiger partial charge in [0.2, 0.25) is 5.91 Å². The standard InChI is InChI=1S/C20H30N2O/c1-15(19(21)17-11-6-3-7-12-17)20(23)22-14-8-13-18(22)16-9-4-2-5-10-16/h3,6-7,11-12,15-16,18-19H,2,4-5,8-10,13-14,21H2,1H3. The molecular formula is C20H30N2O. The molecule has 1 saturated carbocycles. The first-order chi connectivity index (χ1) is 11.2. The van der Waals surface area contributed by atoms with Gasteiger partial charge in [-0.05, 0) is 37.2 Å². The Morgan fingerprint density at radius 2 is 1.78 bits per heavy atom. The third kappa shape index (κ3) is 3.60.